The van der Waals surface area contributed by atoms with Crippen LogP contribution in [-0.4, -0.2) is 41.9 Å². The fourth-order valence-electron chi connectivity index (χ4n) is 6.04. The van der Waals surface area contributed by atoms with Gasteiger partial charge in [-0.05, 0) is 60.6 Å². The van der Waals surface area contributed by atoms with Crippen LogP contribution >= 0.6 is 0 Å². The molecule has 7 rings (SSSR count). The minimum atomic E-state index is -3.95. The molecule has 47 heavy (non-hydrogen) atoms. The zero-order chi connectivity index (χ0) is 32.7. The lowest BCUT2D eigenvalue weighted by Gasteiger charge is -2.19. The van der Waals surface area contributed by atoms with Crippen LogP contribution in [0.4, 0.5) is 0 Å². The first-order valence-electron chi connectivity index (χ1n) is 15.7. The third-order valence-electron chi connectivity index (χ3n) is 8.58. The van der Waals surface area contributed by atoms with E-state index in [9.17, 15) is 18.0 Å². The first-order valence-corrected chi connectivity index (χ1v) is 17.2. The third-order valence-corrected chi connectivity index (χ3v) is 10.0. The van der Waals surface area contributed by atoms with Crippen molar-refractivity contribution < 1.29 is 22.5 Å². The Kier molecular flexibility index (Phi) is 8.06. The zero-order valence-electron chi connectivity index (χ0n) is 25.9. The topological polar surface area (TPSA) is 156 Å². The Morgan fingerprint density at radius 3 is 2.45 bits per heavy atom. The number of amides is 2. The van der Waals surface area contributed by atoms with E-state index in [1.165, 1.54) is 6.20 Å². The summed E-state index contributed by atoms with van der Waals surface area (Å²) < 4.78 is 35.9. The summed E-state index contributed by atoms with van der Waals surface area (Å²) in [4.78, 5) is 35.9. The molecular formula is C35H34N6O5S. The van der Waals surface area contributed by atoms with E-state index in [1.54, 1.807) is 36.7 Å². The highest BCUT2D eigenvalue weighted by atomic mass is 32.2. The third kappa shape index (κ3) is 6.26. The van der Waals surface area contributed by atoms with Crippen molar-refractivity contribution in [3.8, 4) is 11.3 Å². The van der Waals surface area contributed by atoms with Gasteiger partial charge in [0, 0.05) is 59.1 Å². The van der Waals surface area contributed by atoms with Crippen molar-refractivity contribution in [3.05, 3.63) is 107 Å². The Labute approximate surface area is 272 Å². The summed E-state index contributed by atoms with van der Waals surface area (Å²) in [5.41, 5.74) is 3.82. The van der Waals surface area contributed by atoms with Gasteiger partial charge in [-0.2, -0.15) is 0 Å². The molecule has 0 saturated heterocycles. The molecule has 2 atom stereocenters. The second kappa shape index (κ2) is 12.3. The monoisotopic (exact) mass is 650 g/mol. The standard InChI is InChI=1S/C35H34N6O5S/c1-20(2)17-38-47(44,45)32-14-25-29(39-34(42)23-9-6-12-36-18-23)15-30(33(25)26-19-37-27(13-24(26)32)22-10-11-22)40-35(43)31-16-28(41-46-31)21-7-4-3-5-8-21/h3-9,12-14,16,18-20,22,29-30,38H,10-11,15,17H2,1-2H3,(H,39,42)(H,40,43)/t29-,30-/m1/s1. The van der Waals surface area contributed by atoms with Gasteiger partial charge in [-0.15, -0.1) is 0 Å². The first-order chi connectivity index (χ1) is 22.7. The molecule has 1 saturated carbocycles. The van der Waals surface area contributed by atoms with Crippen molar-refractivity contribution >= 4 is 32.6 Å². The lowest BCUT2D eigenvalue weighted by molar-refractivity contribution is 0.0897. The van der Waals surface area contributed by atoms with Crippen LogP contribution in [0.25, 0.3) is 22.0 Å². The quantitative estimate of drug-likeness (QED) is 0.180. The summed E-state index contributed by atoms with van der Waals surface area (Å²) >= 11 is 0. The smallest absolute Gasteiger partial charge is 0.290 e. The number of hydrogen-bond acceptors (Lipinski definition) is 8. The fourth-order valence-corrected chi connectivity index (χ4v) is 7.49. The molecule has 3 N–H and O–H groups in total. The number of benzene rings is 2. The molecule has 3 aromatic heterocycles. The van der Waals surface area contributed by atoms with Gasteiger partial charge in [0.1, 0.15) is 5.69 Å². The van der Waals surface area contributed by atoms with E-state index in [2.05, 4.69) is 25.5 Å². The van der Waals surface area contributed by atoms with E-state index in [4.69, 9.17) is 9.51 Å². The molecule has 0 radical (unpaired) electrons. The number of pyridine rings is 2. The molecule has 240 valence electrons. The van der Waals surface area contributed by atoms with Crippen molar-refractivity contribution in [1.82, 2.24) is 30.5 Å². The van der Waals surface area contributed by atoms with Crippen molar-refractivity contribution in [2.24, 2.45) is 5.92 Å². The average Bonchev–Trinajstić information content (AvgIpc) is 3.71. The van der Waals surface area contributed by atoms with Crippen LogP contribution in [0, 0.1) is 5.92 Å². The highest BCUT2D eigenvalue weighted by Crippen LogP contribution is 2.47. The van der Waals surface area contributed by atoms with Crippen LogP contribution in [0.3, 0.4) is 0 Å². The van der Waals surface area contributed by atoms with Crippen LogP contribution in [-0.2, 0) is 10.0 Å². The molecule has 0 unspecified atom stereocenters. The predicted molar refractivity (Wildman–Crippen MR) is 175 cm³/mol. The van der Waals surface area contributed by atoms with Gasteiger partial charge in [0.25, 0.3) is 11.8 Å². The lowest BCUT2D eigenvalue weighted by atomic mass is 9.98. The summed E-state index contributed by atoms with van der Waals surface area (Å²) in [6, 6.07) is 16.6. The number of rotatable bonds is 10. The largest absolute Gasteiger partial charge is 0.350 e. The Bertz CT molecular complexity index is 2080. The SMILES string of the molecule is CC(C)CNS(=O)(=O)c1cc2c(c3cnc(C4CC4)cc13)[C@H](NC(=O)c1cc(-c3ccccc3)no1)C[C@H]2NC(=O)c1cccnc1. The van der Waals surface area contributed by atoms with Gasteiger partial charge < -0.3 is 15.2 Å². The molecule has 0 spiro atoms. The summed E-state index contributed by atoms with van der Waals surface area (Å²) in [6.45, 7) is 4.14. The molecule has 1 fully saturated rings. The van der Waals surface area contributed by atoms with Gasteiger partial charge in [-0.25, -0.2) is 13.1 Å². The number of carbonyl (C=O) groups is 2. The van der Waals surface area contributed by atoms with Gasteiger partial charge in [0.15, 0.2) is 0 Å². The van der Waals surface area contributed by atoms with Crippen molar-refractivity contribution in [2.75, 3.05) is 6.54 Å². The molecule has 0 bridgehead atoms. The molecule has 2 aromatic carbocycles. The lowest BCUT2D eigenvalue weighted by Crippen LogP contribution is -2.30. The van der Waals surface area contributed by atoms with Crippen LogP contribution < -0.4 is 15.4 Å². The summed E-state index contributed by atoms with van der Waals surface area (Å²) in [5, 5.41) is 11.3. The van der Waals surface area contributed by atoms with Crippen LogP contribution in [0.15, 0.2) is 88.7 Å². The Morgan fingerprint density at radius 2 is 1.72 bits per heavy atom. The summed E-state index contributed by atoms with van der Waals surface area (Å²) in [7, 11) is -3.95. The van der Waals surface area contributed by atoms with Crippen LogP contribution in [0.5, 0.6) is 0 Å². The molecule has 3 heterocycles. The fraction of sp³-hybridized carbons (Fsp3) is 0.286. The van der Waals surface area contributed by atoms with E-state index < -0.39 is 28.0 Å². The van der Waals surface area contributed by atoms with E-state index in [-0.39, 0.29) is 35.4 Å². The summed E-state index contributed by atoms with van der Waals surface area (Å²) in [6.07, 6.45) is 7.02. The maximum atomic E-state index is 13.8. The average molecular weight is 651 g/mol. The molecule has 11 nitrogen and oxygen atoms in total. The van der Waals surface area contributed by atoms with Crippen LogP contribution in [0.2, 0.25) is 0 Å². The Balaban J connectivity index is 1.31. The molecule has 5 aromatic rings. The zero-order valence-corrected chi connectivity index (χ0v) is 26.8. The van der Waals surface area contributed by atoms with Crippen LogP contribution in [0.1, 0.15) is 88.8 Å². The van der Waals surface area contributed by atoms with E-state index >= 15 is 0 Å². The number of nitrogens with one attached hydrogen (secondary N) is 3. The van der Waals surface area contributed by atoms with Gasteiger partial charge in [0.05, 0.1) is 22.5 Å². The minimum Gasteiger partial charge on any atom is -0.350 e. The molecule has 2 aliphatic rings. The molecular weight excluding hydrogens is 616 g/mol. The number of carbonyl (C=O) groups excluding carboxylic acids is 2. The molecule has 2 amide bonds. The van der Waals surface area contributed by atoms with Gasteiger partial charge in [-0.1, -0.05) is 49.3 Å². The molecule has 2 aliphatic carbocycles. The number of nitrogens with zero attached hydrogens (tertiary/aromatic N) is 3. The Morgan fingerprint density at radius 1 is 0.936 bits per heavy atom. The van der Waals surface area contributed by atoms with Gasteiger partial charge in [0.2, 0.25) is 15.8 Å². The number of sulfonamides is 1. The Hall–Kier alpha value is -4.94. The minimum absolute atomic E-state index is 0.0313. The molecule has 0 aliphatic heterocycles. The van der Waals surface area contributed by atoms with Gasteiger partial charge >= 0.3 is 0 Å². The van der Waals surface area contributed by atoms with E-state index in [0.29, 0.717) is 39.1 Å². The molecule has 12 heteroatoms. The van der Waals surface area contributed by atoms with Crippen molar-refractivity contribution in [2.45, 2.75) is 56.0 Å². The number of aromatic nitrogens is 3. The summed E-state index contributed by atoms with van der Waals surface area (Å²) in [5.74, 6) is -0.434. The van der Waals surface area contributed by atoms with Gasteiger partial charge in [-0.3, -0.25) is 19.6 Å². The maximum Gasteiger partial charge on any atom is 0.290 e. The highest BCUT2D eigenvalue weighted by molar-refractivity contribution is 7.89. The predicted octanol–water partition coefficient (Wildman–Crippen LogP) is 5.44. The normalized spacial score (nSPS) is 17.5. The first kappa shape index (κ1) is 30.7. The second-order valence-electron chi connectivity index (χ2n) is 12.5. The highest BCUT2D eigenvalue weighted by Gasteiger charge is 2.38. The van der Waals surface area contributed by atoms with E-state index in [0.717, 1.165) is 24.1 Å². The number of fused-ring (bicyclic) bond motifs is 3. The number of hydrogen-bond donors (Lipinski definition) is 3. The van der Waals surface area contributed by atoms with E-state index in [1.807, 2.05) is 50.2 Å². The maximum absolute atomic E-state index is 13.8. The van der Waals surface area contributed by atoms with Crippen molar-refractivity contribution in [1.29, 1.82) is 0 Å². The van der Waals surface area contributed by atoms with Crippen molar-refractivity contribution in [3.63, 3.8) is 0 Å². The second-order valence-corrected chi connectivity index (χ2v) is 14.3.